The molecule has 0 spiro atoms. The van der Waals surface area contributed by atoms with Crippen LogP contribution in [0.15, 0.2) is 5.16 Å². The zero-order valence-electron chi connectivity index (χ0n) is 9.93. The van der Waals surface area contributed by atoms with Gasteiger partial charge in [-0.05, 0) is 26.0 Å². The summed E-state index contributed by atoms with van der Waals surface area (Å²) in [7, 11) is 1.77. The highest BCUT2D eigenvalue weighted by molar-refractivity contribution is 7.98. The first-order valence-electron chi connectivity index (χ1n) is 5.24. The summed E-state index contributed by atoms with van der Waals surface area (Å²) < 4.78 is 0. The Balaban J connectivity index is 2.71. The minimum absolute atomic E-state index is 0.0376. The number of carbonyl (C=O) groups excluding carboxylic acids is 1. The molecule has 16 heavy (non-hydrogen) atoms. The summed E-state index contributed by atoms with van der Waals surface area (Å²) in [6.07, 6.45) is 3.36. The van der Waals surface area contributed by atoms with Gasteiger partial charge in [-0.1, -0.05) is 5.16 Å². The number of rotatable bonds is 5. The van der Waals surface area contributed by atoms with Gasteiger partial charge >= 0.3 is 0 Å². The molecule has 0 aromatic heterocycles. The highest BCUT2D eigenvalue weighted by atomic mass is 32.2. The lowest BCUT2D eigenvalue weighted by Crippen LogP contribution is -2.46. The Morgan fingerprint density at radius 3 is 2.62 bits per heavy atom. The van der Waals surface area contributed by atoms with Crippen LogP contribution in [0.5, 0.6) is 0 Å². The number of hydrogen-bond acceptors (Lipinski definition) is 4. The minimum Gasteiger partial charge on any atom is -0.409 e. The number of hydrogen-bond donors (Lipinski definition) is 2. The van der Waals surface area contributed by atoms with Crippen LogP contribution in [0.1, 0.15) is 19.8 Å². The van der Waals surface area contributed by atoms with E-state index in [9.17, 15) is 4.79 Å². The predicted octanol–water partition coefficient (Wildman–Crippen LogP) is 0.723. The van der Waals surface area contributed by atoms with Crippen LogP contribution >= 0.6 is 11.8 Å². The van der Waals surface area contributed by atoms with Gasteiger partial charge in [-0.3, -0.25) is 4.79 Å². The molecule has 5 nitrogen and oxygen atoms in total. The summed E-state index contributed by atoms with van der Waals surface area (Å²) in [6.45, 7) is 2.00. The first-order valence-corrected chi connectivity index (χ1v) is 6.63. The van der Waals surface area contributed by atoms with E-state index in [0.29, 0.717) is 12.8 Å². The maximum Gasteiger partial charge on any atom is 0.236 e. The van der Waals surface area contributed by atoms with Crippen molar-refractivity contribution in [2.45, 2.75) is 25.8 Å². The molecule has 1 unspecified atom stereocenters. The van der Waals surface area contributed by atoms with Crippen molar-refractivity contribution in [3.05, 3.63) is 0 Å². The van der Waals surface area contributed by atoms with Gasteiger partial charge in [-0.25, -0.2) is 0 Å². The Hall–Kier alpha value is -0.910. The second kappa shape index (κ2) is 4.95. The molecule has 1 saturated carbocycles. The van der Waals surface area contributed by atoms with E-state index >= 15 is 0 Å². The quantitative estimate of drug-likeness (QED) is 0.324. The Morgan fingerprint density at radius 1 is 1.69 bits per heavy atom. The van der Waals surface area contributed by atoms with E-state index in [1.165, 1.54) is 0 Å². The molecular formula is C10H19N3O2S. The molecule has 3 N–H and O–H groups in total. The summed E-state index contributed by atoms with van der Waals surface area (Å²) in [6, 6.07) is 0.159. The average molecular weight is 245 g/mol. The molecule has 1 aliphatic carbocycles. The zero-order valence-corrected chi connectivity index (χ0v) is 10.8. The third-order valence-corrected chi connectivity index (χ3v) is 3.96. The lowest BCUT2D eigenvalue weighted by atomic mass is 10.0. The number of nitrogens with two attached hydrogens (primary N) is 1. The van der Waals surface area contributed by atoms with Crippen LogP contribution < -0.4 is 5.73 Å². The van der Waals surface area contributed by atoms with Gasteiger partial charge in [-0.15, -0.1) is 0 Å². The molecule has 0 aromatic carbocycles. The van der Waals surface area contributed by atoms with Crippen LogP contribution in [-0.4, -0.2) is 46.9 Å². The molecule has 0 bridgehead atoms. The van der Waals surface area contributed by atoms with Crippen molar-refractivity contribution >= 4 is 23.5 Å². The van der Waals surface area contributed by atoms with Crippen LogP contribution in [0.4, 0.5) is 0 Å². The molecule has 0 radical (unpaired) electrons. The van der Waals surface area contributed by atoms with Crippen molar-refractivity contribution in [1.29, 1.82) is 0 Å². The SMILES string of the molecule is CSCC(C)N(C)C(=O)C1(C(N)=NO)CC1. The lowest BCUT2D eigenvalue weighted by Gasteiger charge is -2.28. The van der Waals surface area contributed by atoms with E-state index < -0.39 is 5.41 Å². The number of oxime groups is 1. The van der Waals surface area contributed by atoms with E-state index in [0.717, 1.165) is 5.75 Å². The summed E-state index contributed by atoms with van der Waals surface area (Å²) in [5, 5.41) is 11.6. The molecule has 1 fully saturated rings. The second-order valence-corrected chi connectivity index (χ2v) is 5.20. The van der Waals surface area contributed by atoms with E-state index in [2.05, 4.69) is 5.16 Å². The smallest absolute Gasteiger partial charge is 0.236 e. The molecular weight excluding hydrogens is 226 g/mol. The lowest BCUT2D eigenvalue weighted by molar-refractivity contribution is -0.134. The average Bonchev–Trinajstić information content (AvgIpc) is 3.07. The van der Waals surface area contributed by atoms with Crippen molar-refractivity contribution < 1.29 is 10.0 Å². The first-order chi connectivity index (χ1) is 7.49. The molecule has 0 saturated heterocycles. The molecule has 1 atom stereocenters. The third kappa shape index (κ3) is 2.26. The van der Waals surface area contributed by atoms with E-state index in [1.54, 1.807) is 23.7 Å². The summed E-state index contributed by atoms with van der Waals surface area (Å²) in [5.74, 6) is 0.888. The topological polar surface area (TPSA) is 78.9 Å². The largest absolute Gasteiger partial charge is 0.409 e. The zero-order chi connectivity index (χ0) is 12.3. The van der Waals surface area contributed by atoms with Gasteiger partial charge < -0.3 is 15.8 Å². The molecule has 0 aromatic rings. The number of nitrogens with zero attached hydrogens (tertiary/aromatic N) is 2. The van der Waals surface area contributed by atoms with Gasteiger partial charge in [0.1, 0.15) is 5.41 Å². The van der Waals surface area contributed by atoms with Crippen molar-refractivity contribution in [3.8, 4) is 0 Å². The molecule has 1 aliphatic rings. The fourth-order valence-electron chi connectivity index (χ4n) is 1.69. The van der Waals surface area contributed by atoms with Crippen LogP contribution in [0.3, 0.4) is 0 Å². The third-order valence-electron chi connectivity index (χ3n) is 3.15. The van der Waals surface area contributed by atoms with Crippen LogP contribution in [0, 0.1) is 5.41 Å². The van der Waals surface area contributed by atoms with E-state index in [1.807, 2.05) is 13.2 Å². The fourth-order valence-corrected chi connectivity index (χ4v) is 2.40. The Bertz CT molecular complexity index is 302. The monoisotopic (exact) mass is 245 g/mol. The van der Waals surface area contributed by atoms with Crippen LogP contribution in [0.25, 0.3) is 0 Å². The van der Waals surface area contributed by atoms with Gasteiger partial charge in [0.25, 0.3) is 0 Å². The van der Waals surface area contributed by atoms with Gasteiger partial charge in [0, 0.05) is 18.8 Å². The molecule has 6 heteroatoms. The van der Waals surface area contributed by atoms with Gasteiger partial charge in [0.2, 0.25) is 5.91 Å². The van der Waals surface area contributed by atoms with Crippen molar-refractivity contribution in [1.82, 2.24) is 4.90 Å². The number of amidine groups is 1. The molecule has 92 valence electrons. The summed E-state index contributed by atoms with van der Waals surface area (Å²) in [4.78, 5) is 13.9. The van der Waals surface area contributed by atoms with E-state index in [4.69, 9.17) is 10.9 Å². The number of thioether (sulfide) groups is 1. The summed E-state index contributed by atoms with van der Waals surface area (Å²) >= 11 is 1.70. The molecule has 1 amide bonds. The van der Waals surface area contributed by atoms with Gasteiger partial charge in [0.15, 0.2) is 5.84 Å². The fraction of sp³-hybridized carbons (Fsp3) is 0.800. The minimum atomic E-state index is -0.726. The standard InChI is InChI=1S/C10H19N3O2S/c1-7(6-16-3)13(2)9(14)10(4-5-10)8(11)12-15/h7,15H,4-6H2,1-3H3,(H2,11,12). The Kier molecular flexibility index (Phi) is 4.07. The van der Waals surface area contributed by atoms with Crippen LogP contribution in [-0.2, 0) is 4.79 Å². The highest BCUT2D eigenvalue weighted by Crippen LogP contribution is 2.47. The van der Waals surface area contributed by atoms with E-state index in [-0.39, 0.29) is 17.8 Å². The van der Waals surface area contributed by atoms with Gasteiger partial charge in [-0.2, -0.15) is 11.8 Å². The highest BCUT2D eigenvalue weighted by Gasteiger charge is 2.55. The molecule has 0 heterocycles. The van der Waals surface area contributed by atoms with Crippen molar-refractivity contribution in [3.63, 3.8) is 0 Å². The molecule has 0 aliphatic heterocycles. The Morgan fingerprint density at radius 2 is 2.25 bits per heavy atom. The molecule has 1 rings (SSSR count). The first kappa shape index (κ1) is 13.2. The van der Waals surface area contributed by atoms with Crippen molar-refractivity contribution in [2.75, 3.05) is 19.1 Å². The number of amides is 1. The Labute approximate surface area is 100 Å². The maximum atomic E-state index is 12.2. The van der Waals surface area contributed by atoms with Crippen LogP contribution in [0.2, 0.25) is 0 Å². The van der Waals surface area contributed by atoms with Crippen molar-refractivity contribution in [2.24, 2.45) is 16.3 Å². The second-order valence-electron chi connectivity index (χ2n) is 4.29. The number of carbonyl (C=O) groups is 1. The summed E-state index contributed by atoms with van der Waals surface area (Å²) in [5.41, 5.74) is 4.85. The van der Waals surface area contributed by atoms with Gasteiger partial charge in [0.05, 0.1) is 0 Å². The normalized spacial score (nSPS) is 20.3. The maximum absolute atomic E-state index is 12.2. The predicted molar refractivity (Wildman–Crippen MR) is 65.7 cm³/mol.